The van der Waals surface area contributed by atoms with Crippen molar-refractivity contribution >= 4 is 11.6 Å². The number of anilines is 1. The van der Waals surface area contributed by atoms with Gasteiger partial charge in [0.15, 0.2) is 5.69 Å². The molecule has 6 nitrogen and oxygen atoms in total. The van der Waals surface area contributed by atoms with Crippen LogP contribution in [0.5, 0.6) is 0 Å². The van der Waals surface area contributed by atoms with E-state index in [1.54, 1.807) is 23.2 Å². The molecule has 0 unspecified atom stereocenters. The van der Waals surface area contributed by atoms with E-state index in [1.807, 2.05) is 6.07 Å². The third-order valence-corrected chi connectivity index (χ3v) is 2.93. The maximum atomic E-state index is 11.9. The van der Waals surface area contributed by atoms with Crippen LogP contribution < -0.4 is 5.32 Å². The summed E-state index contributed by atoms with van der Waals surface area (Å²) in [6, 6.07) is 5.55. The van der Waals surface area contributed by atoms with Crippen molar-refractivity contribution in [2.24, 2.45) is 0 Å². The van der Waals surface area contributed by atoms with Gasteiger partial charge in [-0.1, -0.05) is 0 Å². The number of aromatic nitrogens is 1. The minimum atomic E-state index is 0.109. The maximum absolute atomic E-state index is 11.9. The van der Waals surface area contributed by atoms with Crippen LogP contribution in [0.2, 0.25) is 0 Å². The SMILES string of the molecule is N#Cc1ncccc1NCCC(=O)N1CCOCC1. The second-order valence-corrected chi connectivity index (χ2v) is 4.18. The number of carbonyl (C=O) groups excluding carboxylic acids is 1. The van der Waals surface area contributed by atoms with Gasteiger partial charge in [0.05, 0.1) is 18.9 Å². The molecule has 1 aliphatic rings. The van der Waals surface area contributed by atoms with Gasteiger partial charge in [-0.2, -0.15) is 5.26 Å². The first-order valence-corrected chi connectivity index (χ1v) is 6.26. The molecule has 0 radical (unpaired) electrons. The van der Waals surface area contributed by atoms with Gasteiger partial charge in [0.2, 0.25) is 5.91 Å². The quantitative estimate of drug-likeness (QED) is 0.858. The van der Waals surface area contributed by atoms with E-state index >= 15 is 0 Å². The van der Waals surface area contributed by atoms with Gasteiger partial charge < -0.3 is 15.0 Å². The summed E-state index contributed by atoms with van der Waals surface area (Å²) in [5, 5.41) is 12.0. The van der Waals surface area contributed by atoms with Crippen LogP contribution in [0.15, 0.2) is 18.3 Å². The molecule has 1 fully saturated rings. The molecule has 1 N–H and O–H groups in total. The third-order valence-electron chi connectivity index (χ3n) is 2.93. The lowest BCUT2D eigenvalue weighted by Gasteiger charge is -2.26. The van der Waals surface area contributed by atoms with Gasteiger partial charge in [-0.15, -0.1) is 0 Å². The first-order valence-electron chi connectivity index (χ1n) is 6.26. The number of rotatable bonds is 4. The van der Waals surface area contributed by atoms with Crippen LogP contribution in [0, 0.1) is 11.3 Å². The molecule has 0 atom stereocenters. The molecule has 0 bridgehead atoms. The van der Waals surface area contributed by atoms with Crippen molar-refractivity contribution in [3.05, 3.63) is 24.0 Å². The zero-order valence-electron chi connectivity index (χ0n) is 10.6. The van der Waals surface area contributed by atoms with Crippen molar-refractivity contribution in [3.8, 4) is 6.07 Å². The predicted octanol–water partition coefficient (Wildman–Crippen LogP) is 0.614. The first-order chi connectivity index (χ1) is 9.31. The third kappa shape index (κ3) is 3.66. The molecule has 0 aromatic carbocycles. The summed E-state index contributed by atoms with van der Waals surface area (Å²) in [7, 11) is 0. The molecule has 19 heavy (non-hydrogen) atoms. The van der Waals surface area contributed by atoms with Crippen LogP contribution in [0.4, 0.5) is 5.69 Å². The van der Waals surface area contributed by atoms with E-state index in [1.165, 1.54) is 0 Å². The number of hydrogen-bond acceptors (Lipinski definition) is 5. The van der Waals surface area contributed by atoms with Crippen LogP contribution in [-0.2, 0) is 9.53 Å². The van der Waals surface area contributed by atoms with Crippen LogP contribution in [-0.4, -0.2) is 48.6 Å². The van der Waals surface area contributed by atoms with Crippen molar-refractivity contribution in [1.82, 2.24) is 9.88 Å². The van der Waals surface area contributed by atoms with E-state index in [0.717, 1.165) is 0 Å². The molecule has 1 amide bonds. The standard InChI is InChI=1S/C13H16N4O2/c14-10-12-11(2-1-4-15-12)16-5-3-13(18)17-6-8-19-9-7-17/h1-2,4,16H,3,5-9H2. The number of nitrogens with zero attached hydrogens (tertiary/aromatic N) is 3. The van der Waals surface area contributed by atoms with Crippen LogP contribution in [0.3, 0.4) is 0 Å². The number of hydrogen-bond donors (Lipinski definition) is 1. The van der Waals surface area contributed by atoms with E-state index in [-0.39, 0.29) is 5.91 Å². The minimum absolute atomic E-state index is 0.109. The van der Waals surface area contributed by atoms with Gasteiger partial charge in [0, 0.05) is 32.3 Å². The van der Waals surface area contributed by atoms with Crippen molar-refractivity contribution < 1.29 is 9.53 Å². The highest BCUT2D eigenvalue weighted by molar-refractivity contribution is 5.76. The summed E-state index contributed by atoms with van der Waals surface area (Å²) in [6.07, 6.45) is 1.97. The smallest absolute Gasteiger partial charge is 0.224 e. The molecule has 0 spiro atoms. The molecule has 2 heterocycles. The van der Waals surface area contributed by atoms with Crippen molar-refractivity contribution in [2.75, 3.05) is 38.2 Å². The molecule has 0 saturated carbocycles. The Bertz CT molecular complexity index is 478. The van der Waals surface area contributed by atoms with Gasteiger partial charge in [-0.05, 0) is 12.1 Å². The fraction of sp³-hybridized carbons (Fsp3) is 0.462. The summed E-state index contributed by atoms with van der Waals surface area (Å²) in [5.41, 5.74) is 1.01. The Labute approximate surface area is 112 Å². The summed E-state index contributed by atoms with van der Waals surface area (Å²) in [6.45, 7) is 3.04. The normalized spacial score (nSPS) is 14.8. The predicted molar refractivity (Wildman–Crippen MR) is 69.5 cm³/mol. The highest BCUT2D eigenvalue weighted by atomic mass is 16.5. The Morgan fingerprint density at radius 3 is 3.05 bits per heavy atom. The molecule has 1 aromatic rings. The monoisotopic (exact) mass is 260 g/mol. The largest absolute Gasteiger partial charge is 0.382 e. The Hall–Kier alpha value is -2.13. The summed E-state index contributed by atoms with van der Waals surface area (Å²) in [5.74, 6) is 0.109. The van der Waals surface area contributed by atoms with Gasteiger partial charge in [0.1, 0.15) is 6.07 Å². The van der Waals surface area contributed by atoms with E-state index in [4.69, 9.17) is 10.00 Å². The summed E-state index contributed by atoms with van der Waals surface area (Å²) < 4.78 is 5.20. The average molecular weight is 260 g/mol. The molecule has 100 valence electrons. The van der Waals surface area contributed by atoms with E-state index in [0.29, 0.717) is 50.7 Å². The summed E-state index contributed by atoms with van der Waals surface area (Å²) in [4.78, 5) is 17.6. The number of amides is 1. The lowest BCUT2D eigenvalue weighted by molar-refractivity contribution is -0.134. The Morgan fingerprint density at radius 1 is 1.53 bits per heavy atom. The number of ether oxygens (including phenoxy) is 1. The van der Waals surface area contributed by atoms with Crippen molar-refractivity contribution in [2.45, 2.75) is 6.42 Å². The number of nitrogens with one attached hydrogen (secondary N) is 1. The molecule has 1 aromatic heterocycles. The minimum Gasteiger partial charge on any atom is -0.382 e. The Kier molecular flexibility index (Phi) is 4.70. The lowest BCUT2D eigenvalue weighted by Crippen LogP contribution is -2.41. The molecule has 2 rings (SSSR count). The molecular weight excluding hydrogens is 244 g/mol. The molecule has 0 aliphatic carbocycles. The van der Waals surface area contributed by atoms with E-state index in [2.05, 4.69) is 10.3 Å². The number of nitriles is 1. The first kappa shape index (κ1) is 13.3. The lowest BCUT2D eigenvalue weighted by atomic mass is 10.3. The van der Waals surface area contributed by atoms with Crippen LogP contribution in [0.1, 0.15) is 12.1 Å². The summed E-state index contributed by atoms with van der Waals surface area (Å²) >= 11 is 0. The fourth-order valence-corrected chi connectivity index (χ4v) is 1.91. The van der Waals surface area contributed by atoms with Crippen molar-refractivity contribution in [3.63, 3.8) is 0 Å². The van der Waals surface area contributed by atoms with Crippen LogP contribution in [0.25, 0.3) is 0 Å². The average Bonchev–Trinajstić information content (AvgIpc) is 2.48. The Morgan fingerprint density at radius 2 is 2.32 bits per heavy atom. The molecular formula is C13H16N4O2. The molecule has 6 heteroatoms. The number of carbonyl (C=O) groups is 1. The zero-order valence-corrected chi connectivity index (χ0v) is 10.6. The topological polar surface area (TPSA) is 78.2 Å². The zero-order chi connectivity index (χ0) is 13.5. The second-order valence-electron chi connectivity index (χ2n) is 4.18. The number of pyridine rings is 1. The van der Waals surface area contributed by atoms with Crippen LogP contribution >= 0.6 is 0 Å². The maximum Gasteiger partial charge on any atom is 0.224 e. The highest BCUT2D eigenvalue weighted by Crippen LogP contribution is 2.10. The van der Waals surface area contributed by atoms with E-state index < -0.39 is 0 Å². The van der Waals surface area contributed by atoms with E-state index in [9.17, 15) is 4.79 Å². The molecule has 1 saturated heterocycles. The van der Waals surface area contributed by atoms with Crippen molar-refractivity contribution in [1.29, 1.82) is 5.26 Å². The molecule has 1 aliphatic heterocycles. The van der Waals surface area contributed by atoms with Gasteiger partial charge in [-0.25, -0.2) is 4.98 Å². The van der Waals surface area contributed by atoms with Gasteiger partial charge >= 0.3 is 0 Å². The fourth-order valence-electron chi connectivity index (χ4n) is 1.91. The van der Waals surface area contributed by atoms with Gasteiger partial charge in [-0.3, -0.25) is 4.79 Å². The second kappa shape index (κ2) is 6.71. The highest BCUT2D eigenvalue weighted by Gasteiger charge is 2.16. The number of morpholine rings is 1. The Balaban J connectivity index is 1.80. The van der Waals surface area contributed by atoms with Gasteiger partial charge in [0.25, 0.3) is 0 Å².